The summed E-state index contributed by atoms with van der Waals surface area (Å²) in [4.78, 5) is 11.7. The highest BCUT2D eigenvalue weighted by Gasteiger charge is 2.18. The third-order valence-corrected chi connectivity index (χ3v) is 2.66. The van der Waals surface area contributed by atoms with Gasteiger partial charge < -0.3 is 9.47 Å². The highest BCUT2D eigenvalue weighted by molar-refractivity contribution is 5.91. The molecule has 0 saturated heterocycles. The number of hydrogen-bond donors (Lipinski definition) is 1. The normalized spacial score (nSPS) is 11.3. The van der Waals surface area contributed by atoms with Gasteiger partial charge in [-0.25, -0.2) is 9.89 Å². The van der Waals surface area contributed by atoms with Gasteiger partial charge in [0.05, 0.1) is 12.8 Å². The number of H-pyrrole nitrogens is 1. The Hall–Kier alpha value is -2.01. The lowest BCUT2D eigenvalue weighted by Gasteiger charge is -2.14. The summed E-state index contributed by atoms with van der Waals surface area (Å²) in [5.74, 6) is -0.110. The molecule has 0 aliphatic rings. The van der Waals surface area contributed by atoms with Crippen LogP contribution < -0.4 is 4.74 Å². The van der Waals surface area contributed by atoms with E-state index in [4.69, 9.17) is 9.47 Å². The van der Waals surface area contributed by atoms with Crippen molar-refractivity contribution in [3.05, 3.63) is 47.7 Å². The number of carbonyl (C=O) groups excluding carboxylic acids is 1. The monoisotopic (exact) mass is 296 g/mol. The second kappa shape index (κ2) is 7.55. The number of esters is 1. The molecule has 0 fully saturated rings. The number of carbonyl (C=O) groups is 1. The first kappa shape index (κ1) is 16.0. The summed E-state index contributed by atoms with van der Waals surface area (Å²) >= 11 is 0. The number of hydrogen-bond acceptors (Lipinski definition) is 4. The van der Waals surface area contributed by atoms with Crippen LogP contribution in [0.15, 0.2) is 36.5 Å². The van der Waals surface area contributed by atoms with Crippen LogP contribution in [0.4, 0.5) is 0 Å². The van der Waals surface area contributed by atoms with Gasteiger partial charge in [0.2, 0.25) is 5.88 Å². The van der Waals surface area contributed by atoms with E-state index in [1.807, 2.05) is 37.3 Å². The molecule has 0 aliphatic heterocycles. The minimum atomic E-state index is -0.438. The van der Waals surface area contributed by atoms with Crippen LogP contribution in [0.25, 0.3) is 0 Å². The van der Waals surface area contributed by atoms with Crippen molar-refractivity contribution in [3.63, 3.8) is 0 Å². The van der Waals surface area contributed by atoms with Gasteiger partial charge in [0, 0.05) is 0 Å². The molecule has 0 bridgehead atoms. The average molecular weight is 297 g/mol. The molecule has 1 heterocycles. The second-order valence-corrected chi connectivity index (χ2v) is 4.00. The SMILES string of the molecule is CCOC(=O)c1cn[nH]c1OC(C)c1ccccc1.Cl. The van der Waals surface area contributed by atoms with Gasteiger partial charge in [0.25, 0.3) is 0 Å². The van der Waals surface area contributed by atoms with E-state index in [1.54, 1.807) is 6.92 Å². The maximum Gasteiger partial charge on any atom is 0.345 e. The van der Waals surface area contributed by atoms with E-state index >= 15 is 0 Å². The van der Waals surface area contributed by atoms with E-state index < -0.39 is 5.97 Å². The fourth-order valence-electron chi connectivity index (χ4n) is 1.69. The molecule has 1 aromatic carbocycles. The topological polar surface area (TPSA) is 64.2 Å². The van der Waals surface area contributed by atoms with Gasteiger partial charge in [-0.3, -0.25) is 0 Å². The Labute approximate surface area is 123 Å². The lowest BCUT2D eigenvalue weighted by atomic mass is 10.1. The van der Waals surface area contributed by atoms with Crippen molar-refractivity contribution < 1.29 is 14.3 Å². The Kier molecular flexibility index (Phi) is 6.06. The largest absolute Gasteiger partial charge is 0.469 e. The summed E-state index contributed by atoms with van der Waals surface area (Å²) < 4.78 is 10.7. The van der Waals surface area contributed by atoms with Crippen molar-refractivity contribution >= 4 is 18.4 Å². The van der Waals surface area contributed by atoms with Gasteiger partial charge >= 0.3 is 5.97 Å². The maximum atomic E-state index is 11.7. The maximum absolute atomic E-state index is 11.7. The molecule has 0 spiro atoms. The van der Waals surface area contributed by atoms with Gasteiger partial charge in [-0.15, -0.1) is 12.4 Å². The summed E-state index contributed by atoms with van der Waals surface area (Å²) in [5, 5.41) is 6.49. The van der Waals surface area contributed by atoms with Crippen molar-refractivity contribution in [2.45, 2.75) is 20.0 Å². The zero-order valence-corrected chi connectivity index (χ0v) is 12.1. The Bertz CT molecular complexity index is 542. The highest BCUT2D eigenvalue weighted by atomic mass is 35.5. The lowest BCUT2D eigenvalue weighted by molar-refractivity contribution is 0.0519. The van der Waals surface area contributed by atoms with Crippen molar-refractivity contribution in [1.29, 1.82) is 0 Å². The van der Waals surface area contributed by atoms with Crippen LogP contribution in [0.2, 0.25) is 0 Å². The van der Waals surface area contributed by atoms with Gasteiger partial charge in [0.15, 0.2) is 0 Å². The number of nitrogens with one attached hydrogen (secondary N) is 1. The Morgan fingerprint density at radius 3 is 2.70 bits per heavy atom. The van der Waals surface area contributed by atoms with Crippen LogP contribution in [0.5, 0.6) is 5.88 Å². The van der Waals surface area contributed by atoms with Gasteiger partial charge in [-0.1, -0.05) is 30.3 Å². The number of halogens is 1. The van der Waals surface area contributed by atoms with Crippen molar-refractivity contribution in [2.75, 3.05) is 6.61 Å². The fourth-order valence-corrected chi connectivity index (χ4v) is 1.69. The van der Waals surface area contributed by atoms with Crippen LogP contribution in [0.3, 0.4) is 0 Å². The molecule has 20 heavy (non-hydrogen) atoms. The average Bonchev–Trinajstić information content (AvgIpc) is 2.88. The number of nitrogens with zero attached hydrogens (tertiary/aromatic N) is 1. The number of aromatic amines is 1. The first-order chi connectivity index (χ1) is 9.22. The molecule has 1 unspecified atom stereocenters. The molecular weight excluding hydrogens is 280 g/mol. The molecule has 0 radical (unpaired) electrons. The molecule has 0 aliphatic carbocycles. The standard InChI is InChI=1S/C14H16N2O3.ClH/c1-3-18-14(17)12-9-15-16-13(12)19-10(2)11-7-5-4-6-8-11;/h4-10H,3H2,1-2H3,(H,15,16);1H. The molecule has 1 atom stereocenters. The van der Waals surface area contributed by atoms with Crippen molar-refractivity contribution in [1.82, 2.24) is 10.2 Å². The predicted molar refractivity (Wildman–Crippen MR) is 77.3 cm³/mol. The molecule has 1 aromatic heterocycles. The highest BCUT2D eigenvalue weighted by Crippen LogP contribution is 2.23. The number of benzene rings is 1. The minimum absolute atomic E-state index is 0. The van der Waals surface area contributed by atoms with Gasteiger partial charge in [0.1, 0.15) is 11.7 Å². The molecule has 5 nitrogen and oxygen atoms in total. The molecule has 2 rings (SSSR count). The van der Waals surface area contributed by atoms with E-state index in [9.17, 15) is 4.79 Å². The van der Waals surface area contributed by atoms with Crippen LogP contribution in [0.1, 0.15) is 35.9 Å². The zero-order chi connectivity index (χ0) is 13.7. The van der Waals surface area contributed by atoms with Crippen LogP contribution in [0, 0.1) is 0 Å². The molecular formula is C14H17ClN2O3. The lowest BCUT2D eigenvalue weighted by Crippen LogP contribution is -2.09. The molecule has 0 amide bonds. The number of rotatable bonds is 5. The molecule has 2 aromatic rings. The summed E-state index contributed by atoms with van der Waals surface area (Å²) in [7, 11) is 0. The van der Waals surface area contributed by atoms with Gasteiger partial charge in [-0.05, 0) is 19.4 Å². The number of aromatic nitrogens is 2. The minimum Gasteiger partial charge on any atom is -0.469 e. The second-order valence-electron chi connectivity index (χ2n) is 4.00. The molecule has 108 valence electrons. The summed E-state index contributed by atoms with van der Waals surface area (Å²) in [6, 6.07) is 9.75. The van der Waals surface area contributed by atoms with Crippen LogP contribution in [-0.4, -0.2) is 22.8 Å². The first-order valence-corrected chi connectivity index (χ1v) is 6.14. The third-order valence-electron chi connectivity index (χ3n) is 2.66. The smallest absolute Gasteiger partial charge is 0.345 e. The summed E-state index contributed by atoms with van der Waals surface area (Å²) in [6.07, 6.45) is 1.22. The van der Waals surface area contributed by atoms with E-state index in [1.165, 1.54) is 6.20 Å². The third kappa shape index (κ3) is 3.74. The zero-order valence-electron chi connectivity index (χ0n) is 11.3. The Morgan fingerprint density at radius 1 is 1.35 bits per heavy atom. The van der Waals surface area contributed by atoms with Crippen molar-refractivity contribution in [3.8, 4) is 5.88 Å². The molecule has 6 heteroatoms. The fraction of sp³-hybridized carbons (Fsp3) is 0.286. The quantitative estimate of drug-likeness (QED) is 0.861. The van der Waals surface area contributed by atoms with Crippen LogP contribution in [-0.2, 0) is 4.74 Å². The summed E-state index contributed by atoms with van der Waals surface area (Å²) in [5.41, 5.74) is 1.33. The Balaban J connectivity index is 0.00000200. The van der Waals surface area contributed by atoms with E-state index in [0.717, 1.165) is 5.56 Å². The van der Waals surface area contributed by atoms with Gasteiger partial charge in [-0.2, -0.15) is 5.10 Å². The summed E-state index contributed by atoms with van der Waals surface area (Å²) in [6.45, 7) is 3.98. The molecule has 1 N–H and O–H groups in total. The van der Waals surface area contributed by atoms with E-state index in [2.05, 4.69) is 10.2 Å². The molecule has 0 saturated carbocycles. The first-order valence-electron chi connectivity index (χ1n) is 6.14. The van der Waals surface area contributed by atoms with Crippen molar-refractivity contribution in [2.24, 2.45) is 0 Å². The van der Waals surface area contributed by atoms with Crippen LogP contribution >= 0.6 is 12.4 Å². The Morgan fingerprint density at radius 2 is 2.05 bits per heavy atom. The predicted octanol–water partition coefficient (Wildman–Crippen LogP) is 3.15. The van der Waals surface area contributed by atoms with E-state index in [-0.39, 0.29) is 18.5 Å². The number of ether oxygens (including phenoxy) is 2. The van der Waals surface area contributed by atoms with E-state index in [0.29, 0.717) is 18.1 Å².